The maximum Gasteiger partial charge on any atom is 0.251 e. The first-order chi connectivity index (χ1) is 20.2. The fourth-order valence-corrected chi connectivity index (χ4v) is 6.78. The molecule has 2 heterocycles. The van der Waals surface area contributed by atoms with Crippen LogP contribution >= 0.6 is 23.1 Å². The van der Waals surface area contributed by atoms with Crippen molar-refractivity contribution in [2.75, 3.05) is 31.3 Å². The van der Waals surface area contributed by atoms with Gasteiger partial charge in [0.2, 0.25) is 21.1 Å². The van der Waals surface area contributed by atoms with E-state index in [1.807, 2.05) is 18.2 Å². The number of carbonyl (C=O) groups is 2. The van der Waals surface area contributed by atoms with Gasteiger partial charge in [0.1, 0.15) is 10.8 Å². The summed E-state index contributed by atoms with van der Waals surface area (Å²) >= 11 is 2.44. The van der Waals surface area contributed by atoms with Crippen molar-refractivity contribution in [2.24, 2.45) is 0 Å². The van der Waals surface area contributed by atoms with Crippen molar-refractivity contribution in [1.29, 1.82) is 0 Å². The molecule has 0 aliphatic heterocycles. The van der Waals surface area contributed by atoms with Crippen LogP contribution in [0.4, 0.5) is 5.13 Å². The molecule has 0 unspecified atom stereocenters. The van der Waals surface area contributed by atoms with Crippen LogP contribution in [-0.2, 0) is 21.4 Å². The fraction of sp³-hybridized carbons (Fsp3) is 0.308. The number of aryl methyl sites for hydroxylation is 1. The number of methoxy groups -OCH3 is 1. The molecule has 2 amide bonds. The first kappa shape index (κ1) is 31.1. The number of benzene rings is 2. The Morgan fingerprint density at radius 3 is 2.38 bits per heavy atom. The minimum Gasteiger partial charge on any atom is -0.495 e. The lowest BCUT2D eigenvalue weighted by Crippen LogP contribution is -2.30. The SMILES string of the molecule is CCN(CC)S(=O)(=O)c1ccc(C(=O)NCc2nnc(SCC(=O)Nc3nnc(C)s3)n2-c2ccccc2OC)cc1. The van der Waals surface area contributed by atoms with E-state index in [-0.39, 0.29) is 28.7 Å². The highest BCUT2D eigenvalue weighted by atomic mass is 32.2. The lowest BCUT2D eigenvalue weighted by molar-refractivity contribution is -0.113. The zero-order chi connectivity index (χ0) is 30.3. The van der Waals surface area contributed by atoms with Gasteiger partial charge in [-0.1, -0.05) is 49.1 Å². The molecule has 0 fully saturated rings. The largest absolute Gasteiger partial charge is 0.495 e. The molecule has 13 nitrogen and oxygen atoms in total. The van der Waals surface area contributed by atoms with Crippen molar-refractivity contribution in [3.05, 3.63) is 64.9 Å². The quantitative estimate of drug-likeness (QED) is 0.210. The number of ether oxygens (including phenoxy) is 1. The molecule has 4 rings (SSSR count). The number of anilines is 1. The number of carbonyl (C=O) groups excluding carboxylic acids is 2. The summed E-state index contributed by atoms with van der Waals surface area (Å²) in [6, 6.07) is 13.0. The average molecular weight is 631 g/mol. The van der Waals surface area contributed by atoms with Gasteiger partial charge in [-0.2, -0.15) is 4.31 Å². The van der Waals surface area contributed by atoms with Crippen molar-refractivity contribution >= 4 is 50.1 Å². The van der Waals surface area contributed by atoms with E-state index in [0.29, 0.717) is 40.6 Å². The van der Waals surface area contributed by atoms with Crippen LogP contribution in [0, 0.1) is 6.92 Å². The predicted octanol–water partition coefficient (Wildman–Crippen LogP) is 3.13. The number of thioether (sulfide) groups is 1. The topological polar surface area (TPSA) is 161 Å². The zero-order valence-corrected chi connectivity index (χ0v) is 25.8. The Kier molecular flexibility index (Phi) is 10.3. The highest BCUT2D eigenvalue weighted by Gasteiger charge is 2.23. The third-order valence-electron chi connectivity index (χ3n) is 6.00. The third kappa shape index (κ3) is 7.13. The van der Waals surface area contributed by atoms with Crippen molar-refractivity contribution in [3.8, 4) is 11.4 Å². The van der Waals surface area contributed by atoms with E-state index >= 15 is 0 Å². The average Bonchev–Trinajstić information content (AvgIpc) is 3.60. The van der Waals surface area contributed by atoms with Crippen molar-refractivity contribution in [3.63, 3.8) is 0 Å². The number of sulfonamides is 1. The van der Waals surface area contributed by atoms with Gasteiger partial charge < -0.3 is 10.1 Å². The monoisotopic (exact) mass is 630 g/mol. The highest BCUT2D eigenvalue weighted by molar-refractivity contribution is 7.99. The van der Waals surface area contributed by atoms with Crippen LogP contribution in [0.2, 0.25) is 0 Å². The van der Waals surface area contributed by atoms with Crippen LogP contribution in [-0.4, -0.2) is 75.5 Å². The molecule has 2 N–H and O–H groups in total. The van der Waals surface area contributed by atoms with Gasteiger partial charge in [0.15, 0.2) is 11.0 Å². The standard InChI is InChI=1S/C26H30N8O5S3/c1-5-33(6-2)42(37,38)19-13-11-18(12-14-19)24(36)27-15-22-30-32-26(34(22)20-9-7-8-10-21(20)39-4)40-16-23(35)28-25-31-29-17(3)41-25/h7-14H,5-6,15-16H2,1-4H3,(H,27,36)(H,28,31,35). The van der Waals surface area contributed by atoms with Crippen LogP contribution < -0.4 is 15.4 Å². The van der Waals surface area contributed by atoms with Gasteiger partial charge in [0.05, 0.1) is 30.0 Å². The van der Waals surface area contributed by atoms with Gasteiger partial charge in [-0.3, -0.25) is 19.5 Å². The van der Waals surface area contributed by atoms with Crippen LogP contribution in [0.15, 0.2) is 58.6 Å². The molecule has 4 aromatic rings. The number of rotatable bonds is 13. The van der Waals surface area contributed by atoms with Crippen LogP contribution in [0.25, 0.3) is 5.69 Å². The van der Waals surface area contributed by atoms with E-state index in [4.69, 9.17) is 4.74 Å². The maximum atomic E-state index is 13.0. The van der Waals surface area contributed by atoms with Gasteiger partial charge >= 0.3 is 0 Å². The summed E-state index contributed by atoms with van der Waals surface area (Å²) in [7, 11) is -2.10. The summed E-state index contributed by atoms with van der Waals surface area (Å²) in [4.78, 5) is 25.6. The van der Waals surface area contributed by atoms with Gasteiger partial charge in [0.25, 0.3) is 5.91 Å². The predicted molar refractivity (Wildman–Crippen MR) is 160 cm³/mol. The third-order valence-corrected chi connectivity index (χ3v) is 9.75. The van der Waals surface area contributed by atoms with Crippen molar-refractivity contribution < 1.29 is 22.7 Å². The normalized spacial score (nSPS) is 11.5. The molecule has 0 aliphatic rings. The molecule has 0 radical (unpaired) electrons. The first-order valence-corrected chi connectivity index (χ1v) is 16.1. The Labute approximate surface area is 251 Å². The first-order valence-electron chi connectivity index (χ1n) is 12.9. The molecule has 2 aromatic carbocycles. The fourth-order valence-electron chi connectivity index (χ4n) is 3.95. The lowest BCUT2D eigenvalue weighted by Gasteiger charge is -2.18. The van der Waals surface area contributed by atoms with Crippen LogP contribution in [0.3, 0.4) is 0 Å². The minimum absolute atomic E-state index is 0.000196. The Hall–Kier alpha value is -3.86. The maximum absolute atomic E-state index is 13.0. The molecule has 0 atom stereocenters. The molecule has 0 saturated carbocycles. The Morgan fingerprint density at radius 1 is 1.02 bits per heavy atom. The van der Waals surface area contributed by atoms with Crippen molar-refractivity contribution in [1.82, 2.24) is 34.6 Å². The van der Waals surface area contributed by atoms with Crippen molar-refractivity contribution in [2.45, 2.75) is 37.4 Å². The summed E-state index contributed by atoms with van der Waals surface area (Å²) in [6.07, 6.45) is 0. The second-order valence-electron chi connectivity index (χ2n) is 8.67. The lowest BCUT2D eigenvalue weighted by atomic mass is 10.2. The number of aromatic nitrogens is 5. The number of nitrogens with zero attached hydrogens (tertiary/aromatic N) is 6. The van der Waals surface area contributed by atoms with E-state index in [1.165, 1.54) is 39.9 Å². The Bertz CT molecular complexity index is 1650. The van der Waals surface area contributed by atoms with Gasteiger partial charge in [0, 0.05) is 18.7 Å². The zero-order valence-electron chi connectivity index (χ0n) is 23.4. The number of para-hydroxylation sites is 2. The molecular weight excluding hydrogens is 601 g/mol. The van der Waals surface area contributed by atoms with E-state index in [2.05, 4.69) is 31.0 Å². The van der Waals surface area contributed by atoms with E-state index in [9.17, 15) is 18.0 Å². The molecule has 0 spiro atoms. The van der Waals surface area contributed by atoms with E-state index in [1.54, 1.807) is 38.5 Å². The number of hydrogen-bond acceptors (Lipinski definition) is 11. The molecule has 0 aliphatic carbocycles. The van der Waals surface area contributed by atoms with Crippen LogP contribution in [0.5, 0.6) is 5.75 Å². The molecule has 16 heteroatoms. The summed E-state index contributed by atoms with van der Waals surface area (Å²) in [5.41, 5.74) is 0.915. The van der Waals surface area contributed by atoms with E-state index < -0.39 is 15.9 Å². The van der Waals surface area contributed by atoms with Gasteiger partial charge in [-0.05, 0) is 43.3 Å². The molecule has 2 aromatic heterocycles. The minimum atomic E-state index is -3.64. The van der Waals surface area contributed by atoms with E-state index in [0.717, 1.165) is 16.8 Å². The Morgan fingerprint density at radius 2 is 1.74 bits per heavy atom. The van der Waals surface area contributed by atoms with Crippen LogP contribution in [0.1, 0.15) is 35.0 Å². The Balaban J connectivity index is 1.51. The number of amides is 2. The van der Waals surface area contributed by atoms with Gasteiger partial charge in [-0.15, -0.1) is 20.4 Å². The molecule has 0 saturated heterocycles. The second-order valence-corrected chi connectivity index (χ2v) is 12.7. The summed E-state index contributed by atoms with van der Waals surface area (Å²) in [6.45, 7) is 6.04. The molecular formula is C26H30N8O5S3. The molecule has 0 bridgehead atoms. The molecule has 42 heavy (non-hydrogen) atoms. The summed E-state index contributed by atoms with van der Waals surface area (Å²) < 4.78 is 34.1. The number of nitrogens with one attached hydrogen (secondary N) is 2. The number of hydrogen-bond donors (Lipinski definition) is 2. The summed E-state index contributed by atoms with van der Waals surface area (Å²) in [5.74, 6) is 0.271. The second kappa shape index (κ2) is 13.9. The van der Waals surface area contributed by atoms with Gasteiger partial charge in [-0.25, -0.2) is 8.42 Å². The summed E-state index contributed by atoms with van der Waals surface area (Å²) in [5, 5.41) is 23.4. The smallest absolute Gasteiger partial charge is 0.251 e. The highest BCUT2D eigenvalue weighted by Crippen LogP contribution is 2.29. The molecule has 222 valence electrons.